The van der Waals surface area contributed by atoms with E-state index in [2.05, 4.69) is 0 Å². The van der Waals surface area contributed by atoms with Gasteiger partial charge in [-0.05, 0) is 11.6 Å². The zero-order valence-electron chi connectivity index (χ0n) is 7.03. The first-order chi connectivity index (χ1) is 5.95. The van der Waals surface area contributed by atoms with E-state index in [-0.39, 0.29) is 0 Å². The first-order valence-electron chi connectivity index (χ1n) is 3.89. The van der Waals surface area contributed by atoms with Gasteiger partial charge in [0, 0.05) is 5.40 Å². The Hall–Kier alpha value is -0.720. The molecule has 1 heterocycles. The van der Waals surface area contributed by atoms with Crippen molar-refractivity contribution in [3.63, 3.8) is 0 Å². The second-order valence-electron chi connectivity index (χ2n) is 3.26. The normalized spacial score (nSPS) is 21.8. The van der Waals surface area contributed by atoms with Crippen LogP contribution in [0.15, 0.2) is 24.3 Å². The van der Waals surface area contributed by atoms with E-state index >= 15 is 0 Å². The molecule has 1 aromatic carbocycles. The van der Waals surface area contributed by atoms with Crippen LogP contribution in [0.1, 0.15) is 5.56 Å². The van der Waals surface area contributed by atoms with Gasteiger partial charge in [0.1, 0.15) is 21.4 Å². The largest absolute Gasteiger partial charge is 0.507 e. The molecule has 8 radical (unpaired) electrons. The van der Waals surface area contributed by atoms with Gasteiger partial charge in [0.2, 0.25) is 0 Å². The third-order valence-corrected chi connectivity index (χ3v) is 2.26. The van der Waals surface area contributed by atoms with E-state index in [4.69, 9.17) is 36.1 Å². The highest BCUT2D eigenvalue weighted by Gasteiger charge is 2.44. The molecule has 0 N–H and O–H groups in total. The van der Waals surface area contributed by atoms with Crippen molar-refractivity contribution in [2.75, 3.05) is 0 Å². The monoisotopic (exact) mass is 160 g/mol. The lowest BCUT2D eigenvalue weighted by Crippen LogP contribution is -2.53. The van der Waals surface area contributed by atoms with Gasteiger partial charge in [-0.3, -0.25) is 0 Å². The number of fused-ring (bicyclic) bond motifs is 1. The molecule has 0 amide bonds. The van der Waals surface area contributed by atoms with Crippen molar-refractivity contribution in [2.24, 2.45) is 0 Å². The first kappa shape index (κ1) is 8.86. The van der Waals surface area contributed by atoms with E-state index < -0.39 is 10.6 Å². The average molecular weight is 159 g/mol. The predicted molar refractivity (Wildman–Crippen MR) is 54.5 cm³/mol. The molecule has 1 nitrogen and oxygen atoms in total. The molecule has 0 aromatic heterocycles. The van der Waals surface area contributed by atoms with Gasteiger partial charge in [-0.25, -0.2) is 0 Å². The van der Waals surface area contributed by atoms with Crippen molar-refractivity contribution in [3.8, 4) is 5.75 Å². The van der Waals surface area contributed by atoms with Crippen molar-refractivity contribution in [1.29, 1.82) is 0 Å². The van der Waals surface area contributed by atoms with E-state index in [9.17, 15) is 0 Å². The molecule has 0 bridgehead atoms. The molecule has 54 valence electrons. The van der Waals surface area contributed by atoms with E-state index in [1.165, 1.54) is 0 Å². The topological polar surface area (TPSA) is 9.23 Å². The van der Waals surface area contributed by atoms with Gasteiger partial charge < -0.3 is 4.74 Å². The Morgan fingerprint density at radius 1 is 1.00 bits per heavy atom. The quantitative estimate of drug-likeness (QED) is 0.466. The highest BCUT2D eigenvalue weighted by atomic mass is 16.5. The van der Waals surface area contributed by atoms with Crippen LogP contribution in [0.4, 0.5) is 0 Å². The molecule has 0 aliphatic carbocycles. The molecular formula is C8H4B4O. The van der Waals surface area contributed by atoms with Crippen LogP contribution < -0.4 is 4.74 Å². The summed E-state index contributed by atoms with van der Waals surface area (Å²) >= 11 is 0. The van der Waals surface area contributed by atoms with Crippen molar-refractivity contribution in [1.82, 2.24) is 0 Å². The predicted octanol–water partition coefficient (Wildman–Crippen LogP) is -0.440. The van der Waals surface area contributed by atoms with Gasteiger partial charge in [-0.1, -0.05) is 23.4 Å². The molecule has 0 unspecified atom stereocenters. The summed E-state index contributed by atoms with van der Waals surface area (Å²) in [6.45, 7) is 0. The van der Waals surface area contributed by atoms with Crippen LogP contribution in [-0.2, 0) is 5.21 Å². The lowest BCUT2D eigenvalue weighted by Gasteiger charge is -2.36. The molecule has 2 rings (SSSR count). The Morgan fingerprint density at radius 3 is 2.23 bits per heavy atom. The van der Waals surface area contributed by atoms with Crippen molar-refractivity contribution >= 4 is 31.4 Å². The zero-order valence-corrected chi connectivity index (χ0v) is 7.03. The third-order valence-electron chi connectivity index (χ3n) is 2.26. The lowest BCUT2D eigenvalue weighted by atomic mass is 9.34. The summed E-state index contributed by atoms with van der Waals surface area (Å²) in [5, 5.41) is -2.89. The van der Waals surface area contributed by atoms with Crippen LogP contribution in [0.3, 0.4) is 0 Å². The molecule has 0 saturated carbocycles. The van der Waals surface area contributed by atoms with Crippen molar-refractivity contribution < 1.29 is 4.74 Å². The van der Waals surface area contributed by atoms with Gasteiger partial charge in [0.05, 0.1) is 15.7 Å². The number of para-hydroxylation sites is 1. The van der Waals surface area contributed by atoms with E-state index in [1.54, 1.807) is 24.3 Å². The highest BCUT2D eigenvalue weighted by molar-refractivity contribution is 6.54. The Kier molecular flexibility index (Phi) is 1.64. The van der Waals surface area contributed by atoms with Crippen LogP contribution in [0.25, 0.3) is 0 Å². The van der Waals surface area contributed by atoms with Gasteiger partial charge in [-0.15, -0.1) is 0 Å². The van der Waals surface area contributed by atoms with E-state index in [1.807, 2.05) is 0 Å². The zero-order chi connectivity index (χ0) is 9.69. The number of ether oxygens (including phenoxy) is 1. The summed E-state index contributed by atoms with van der Waals surface area (Å²) in [6, 6.07) is 7.08. The molecule has 13 heavy (non-hydrogen) atoms. The number of rotatable bonds is 0. The SMILES string of the molecule is [B]C1([B])Oc2ccccc2C1([B])[B]. The summed E-state index contributed by atoms with van der Waals surface area (Å²) in [5.41, 5.74) is 0.625. The van der Waals surface area contributed by atoms with E-state index in [0.717, 1.165) is 0 Å². The minimum absolute atomic E-state index is 0.539. The molecule has 1 aliphatic rings. The number of benzene rings is 1. The highest BCUT2D eigenvalue weighted by Crippen LogP contribution is 2.42. The van der Waals surface area contributed by atoms with Crippen LogP contribution in [0.2, 0.25) is 0 Å². The summed E-state index contributed by atoms with van der Waals surface area (Å²) in [4.78, 5) is 0. The molecule has 0 spiro atoms. The van der Waals surface area contributed by atoms with Gasteiger partial charge in [-0.2, -0.15) is 0 Å². The van der Waals surface area contributed by atoms with Crippen LogP contribution in [-0.4, -0.2) is 36.8 Å². The number of hydrogen-bond acceptors (Lipinski definition) is 1. The third kappa shape index (κ3) is 1.06. The smallest absolute Gasteiger partial charge is 0.120 e. The Morgan fingerprint density at radius 2 is 1.62 bits per heavy atom. The second kappa shape index (κ2) is 2.40. The fraction of sp³-hybridized carbons (Fsp3) is 0.250. The van der Waals surface area contributed by atoms with Crippen LogP contribution in [0.5, 0.6) is 5.75 Å². The molecule has 0 fully saturated rings. The Bertz CT molecular complexity index is 348. The average Bonchev–Trinajstić information content (AvgIpc) is 2.20. The minimum Gasteiger partial charge on any atom is -0.507 e. The fourth-order valence-corrected chi connectivity index (χ4v) is 1.37. The lowest BCUT2D eigenvalue weighted by molar-refractivity contribution is 0.258. The van der Waals surface area contributed by atoms with Crippen molar-refractivity contribution in [2.45, 2.75) is 10.6 Å². The first-order valence-corrected chi connectivity index (χ1v) is 3.89. The molecule has 1 aromatic rings. The Balaban J connectivity index is 2.60. The van der Waals surface area contributed by atoms with Gasteiger partial charge in [0.15, 0.2) is 0 Å². The maximum Gasteiger partial charge on any atom is 0.120 e. The Labute approximate surface area is 82.9 Å². The summed E-state index contributed by atoms with van der Waals surface area (Å²) in [6.07, 6.45) is 0. The molecule has 1 aliphatic heterocycles. The summed E-state index contributed by atoms with van der Waals surface area (Å²) in [7, 11) is 22.8. The summed E-state index contributed by atoms with van der Waals surface area (Å²) < 4.78 is 5.22. The van der Waals surface area contributed by atoms with E-state index in [0.29, 0.717) is 11.3 Å². The fourth-order valence-electron chi connectivity index (χ4n) is 1.37. The maximum absolute atomic E-state index is 5.77. The minimum atomic E-state index is -1.54. The number of hydrogen-bond donors (Lipinski definition) is 0. The second-order valence-corrected chi connectivity index (χ2v) is 3.26. The molecule has 5 heteroatoms. The molecule has 0 atom stereocenters. The standard InChI is InChI=1S/C8H4B4O/c9-7(10)5-3-1-2-4-6(5)13-8(7,11)12/h1-4H. The maximum atomic E-state index is 5.77. The van der Waals surface area contributed by atoms with Crippen LogP contribution in [0, 0.1) is 0 Å². The van der Waals surface area contributed by atoms with Crippen molar-refractivity contribution in [3.05, 3.63) is 29.8 Å². The molecule has 0 saturated heterocycles. The summed E-state index contributed by atoms with van der Waals surface area (Å²) in [5.74, 6) is 0.539. The van der Waals surface area contributed by atoms with Gasteiger partial charge >= 0.3 is 0 Å². The molecular weight excluding hydrogens is 155 g/mol. The van der Waals surface area contributed by atoms with Gasteiger partial charge in [0.25, 0.3) is 0 Å². The van der Waals surface area contributed by atoms with Crippen LogP contribution >= 0.6 is 0 Å².